The van der Waals surface area contributed by atoms with Gasteiger partial charge in [-0.1, -0.05) is 12.1 Å². The Kier molecular flexibility index (Phi) is 6.84. The van der Waals surface area contributed by atoms with Gasteiger partial charge in [-0.15, -0.1) is 17.9 Å². The van der Waals surface area contributed by atoms with E-state index in [4.69, 9.17) is 4.98 Å². The smallest absolute Gasteiger partial charge is 0.317 e. The van der Waals surface area contributed by atoms with E-state index in [-0.39, 0.29) is 6.03 Å². The zero-order valence-corrected chi connectivity index (χ0v) is 18.6. The van der Waals surface area contributed by atoms with Gasteiger partial charge in [0.2, 0.25) is 0 Å². The molecule has 2 fully saturated rings. The number of urea groups is 1. The first-order chi connectivity index (χ1) is 15.1. The Morgan fingerprint density at radius 3 is 2.68 bits per heavy atom. The number of carbonyl (C=O) groups is 1. The highest BCUT2D eigenvalue weighted by molar-refractivity contribution is 7.09. The maximum Gasteiger partial charge on any atom is 0.317 e. The fourth-order valence-corrected chi connectivity index (χ4v) is 5.00. The number of aliphatic hydroxyl groups is 1. The van der Waals surface area contributed by atoms with Gasteiger partial charge in [-0.05, 0) is 25.0 Å². The number of pyridine rings is 1. The minimum atomic E-state index is -0.957. The summed E-state index contributed by atoms with van der Waals surface area (Å²) >= 11 is 1.61. The van der Waals surface area contributed by atoms with Crippen molar-refractivity contribution in [3.8, 4) is 0 Å². The highest BCUT2D eigenvalue weighted by Crippen LogP contribution is 2.33. The average molecular weight is 443 g/mol. The SMILES string of the molecule is C=CCNC(=O)N1CCC(O)(c2csc(CN3CCN(c4ccccn4)CC3)n2)CC1. The van der Waals surface area contributed by atoms with Crippen LogP contribution in [0.15, 0.2) is 42.4 Å². The number of anilines is 1. The van der Waals surface area contributed by atoms with Crippen molar-refractivity contribution in [2.45, 2.75) is 25.0 Å². The summed E-state index contributed by atoms with van der Waals surface area (Å²) in [6.45, 7) is 9.71. The highest BCUT2D eigenvalue weighted by atomic mass is 32.1. The summed E-state index contributed by atoms with van der Waals surface area (Å²) in [5, 5.41) is 16.9. The number of amides is 2. The van der Waals surface area contributed by atoms with Crippen LogP contribution in [0.25, 0.3) is 0 Å². The molecule has 2 aromatic rings. The molecule has 2 aliphatic rings. The van der Waals surface area contributed by atoms with Gasteiger partial charge >= 0.3 is 6.03 Å². The minimum Gasteiger partial charge on any atom is -0.383 e. The van der Waals surface area contributed by atoms with Crippen molar-refractivity contribution < 1.29 is 9.90 Å². The summed E-state index contributed by atoms with van der Waals surface area (Å²) < 4.78 is 0. The van der Waals surface area contributed by atoms with Gasteiger partial charge in [-0.25, -0.2) is 14.8 Å². The van der Waals surface area contributed by atoms with Gasteiger partial charge in [0.15, 0.2) is 0 Å². The molecule has 4 heterocycles. The number of likely N-dealkylation sites (tertiary alicyclic amines) is 1. The Bertz CT molecular complexity index is 873. The lowest BCUT2D eigenvalue weighted by atomic mass is 9.89. The lowest BCUT2D eigenvalue weighted by Gasteiger charge is -2.37. The molecule has 0 spiro atoms. The summed E-state index contributed by atoms with van der Waals surface area (Å²) in [5.41, 5.74) is -0.215. The van der Waals surface area contributed by atoms with Crippen LogP contribution in [0.4, 0.5) is 10.6 Å². The number of thiazole rings is 1. The second kappa shape index (κ2) is 9.76. The molecule has 2 aliphatic heterocycles. The van der Waals surface area contributed by atoms with Crippen molar-refractivity contribution in [2.75, 3.05) is 50.7 Å². The number of rotatable bonds is 6. The van der Waals surface area contributed by atoms with Crippen molar-refractivity contribution in [2.24, 2.45) is 0 Å². The zero-order valence-electron chi connectivity index (χ0n) is 17.7. The molecule has 9 heteroatoms. The average Bonchev–Trinajstić information content (AvgIpc) is 3.28. The summed E-state index contributed by atoms with van der Waals surface area (Å²) in [6.07, 6.45) is 4.50. The molecule has 0 radical (unpaired) electrons. The number of piperazine rings is 1. The van der Waals surface area contributed by atoms with Gasteiger partial charge in [0.1, 0.15) is 16.4 Å². The van der Waals surface area contributed by atoms with Crippen LogP contribution in [0.3, 0.4) is 0 Å². The molecule has 2 N–H and O–H groups in total. The van der Waals surface area contributed by atoms with Crippen LogP contribution in [0.1, 0.15) is 23.5 Å². The molecule has 0 saturated carbocycles. The Balaban J connectivity index is 1.28. The van der Waals surface area contributed by atoms with Gasteiger partial charge in [0, 0.05) is 57.4 Å². The molecule has 4 rings (SSSR count). The molecule has 0 aromatic carbocycles. The molecular weight excluding hydrogens is 412 g/mol. The van der Waals surface area contributed by atoms with E-state index in [1.165, 1.54) is 0 Å². The number of nitrogens with one attached hydrogen (secondary N) is 1. The fourth-order valence-electron chi connectivity index (χ4n) is 4.07. The summed E-state index contributed by atoms with van der Waals surface area (Å²) in [6, 6.07) is 5.91. The molecule has 8 nitrogen and oxygen atoms in total. The summed E-state index contributed by atoms with van der Waals surface area (Å²) in [4.78, 5) is 27.8. The van der Waals surface area contributed by atoms with E-state index in [0.29, 0.717) is 32.5 Å². The molecule has 0 atom stereocenters. The Morgan fingerprint density at radius 1 is 1.23 bits per heavy atom. The van der Waals surface area contributed by atoms with Crippen molar-refractivity contribution >= 4 is 23.2 Å². The fraction of sp³-hybridized carbons (Fsp3) is 0.500. The van der Waals surface area contributed by atoms with E-state index in [1.807, 2.05) is 23.7 Å². The lowest BCUT2D eigenvalue weighted by Crippen LogP contribution is -2.49. The maximum absolute atomic E-state index is 12.1. The van der Waals surface area contributed by atoms with Crippen molar-refractivity contribution in [1.29, 1.82) is 0 Å². The maximum atomic E-state index is 12.1. The number of hydrogen-bond acceptors (Lipinski definition) is 7. The molecule has 2 amide bonds. The van der Waals surface area contributed by atoms with Crippen LogP contribution in [-0.4, -0.2) is 76.7 Å². The van der Waals surface area contributed by atoms with Gasteiger partial charge in [-0.2, -0.15) is 0 Å². The third kappa shape index (κ3) is 5.23. The predicted molar refractivity (Wildman–Crippen MR) is 122 cm³/mol. The second-order valence-corrected chi connectivity index (χ2v) is 9.01. The minimum absolute atomic E-state index is 0.106. The molecular formula is C22H30N6O2S. The van der Waals surface area contributed by atoms with Gasteiger partial charge < -0.3 is 20.2 Å². The van der Waals surface area contributed by atoms with E-state index < -0.39 is 5.60 Å². The standard InChI is InChI=1S/C22H30N6O2S/c1-2-8-24-21(29)28-10-6-22(30,7-11-28)18-17-31-20(25-18)16-26-12-14-27(15-13-26)19-5-3-4-9-23-19/h2-5,9,17,30H,1,6-8,10-16H2,(H,24,29). The molecule has 2 saturated heterocycles. The molecule has 31 heavy (non-hydrogen) atoms. The zero-order chi connectivity index (χ0) is 21.7. The van der Waals surface area contributed by atoms with Crippen molar-refractivity contribution in [1.82, 2.24) is 25.1 Å². The first-order valence-electron chi connectivity index (χ1n) is 10.8. The third-order valence-corrected chi connectivity index (χ3v) is 6.84. The molecule has 2 aromatic heterocycles. The largest absolute Gasteiger partial charge is 0.383 e. The van der Waals surface area contributed by atoms with Gasteiger partial charge in [0.25, 0.3) is 0 Å². The van der Waals surface area contributed by atoms with Crippen molar-refractivity contribution in [3.05, 3.63) is 53.1 Å². The second-order valence-electron chi connectivity index (χ2n) is 8.07. The van der Waals surface area contributed by atoms with Crippen LogP contribution >= 0.6 is 11.3 Å². The summed E-state index contributed by atoms with van der Waals surface area (Å²) in [7, 11) is 0. The molecule has 0 aliphatic carbocycles. The van der Waals surface area contributed by atoms with Crippen LogP contribution in [0.5, 0.6) is 0 Å². The third-order valence-electron chi connectivity index (χ3n) is 6.01. The summed E-state index contributed by atoms with van der Waals surface area (Å²) in [5.74, 6) is 1.03. The van der Waals surface area contributed by atoms with Crippen LogP contribution in [0.2, 0.25) is 0 Å². The van der Waals surface area contributed by atoms with E-state index >= 15 is 0 Å². The van der Waals surface area contributed by atoms with Crippen molar-refractivity contribution in [3.63, 3.8) is 0 Å². The number of piperidine rings is 1. The normalized spacial score (nSPS) is 19.3. The van der Waals surface area contributed by atoms with Gasteiger partial charge in [0.05, 0.1) is 12.2 Å². The Hall–Kier alpha value is -2.49. The van der Waals surface area contributed by atoms with E-state index in [9.17, 15) is 9.90 Å². The lowest BCUT2D eigenvalue weighted by molar-refractivity contribution is -0.0199. The van der Waals surface area contributed by atoms with Crippen LogP contribution < -0.4 is 10.2 Å². The van der Waals surface area contributed by atoms with E-state index in [1.54, 1.807) is 22.3 Å². The highest BCUT2D eigenvalue weighted by Gasteiger charge is 2.37. The molecule has 0 unspecified atom stereocenters. The number of carbonyl (C=O) groups excluding carboxylic acids is 1. The topological polar surface area (TPSA) is 84.8 Å². The van der Waals surface area contributed by atoms with Crippen LogP contribution in [-0.2, 0) is 12.1 Å². The first-order valence-corrected chi connectivity index (χ1v) is 11.6. The van der Waals surface area contributed by atoms with Crippen LogP contribution in [0, 0.1) is 0 Å². The predicted octanol–water partition coefficient (Wildman–Crippen LogP) is 2.04. The quantitative estimate of drug-likeness (QED) is 0.666. The van der Waals surface area contributed by atoms with E-state index in [0.717, 1.165) is 49.2 Å². The first kappa shape index (κ1) is 21.7. The van der Waals surface area contributed by atoms with Gasteiger partial charge in [-0.3, -0.25) is 4.90 Å². The van der Waals surface area contributed by atoms with E-state index in [2.05, 4.69) is 32.7 Å². The Morgan fingerprint density at radius 2 is 2.00 bits per heavy atom. The monoisotopic (exact) mass is 442 g/mol. The number of hydrogen-bond donors (Lipinski definition) is 2. The Labute approximate surface area is 187 Å². The number of aromatic nitrogens is 2. The molecule has 0 bridgehead atoms. The molecule has 166 valence electrons. The number of nitrogens with zero attached hydrogens (tertiary/aromatic N) is 5.